The van der Waals surface area contributed by atoms with Gasteiger partial charge >= 0.3 is 0 Å². The predicted octanol–water partition coefficient (Wildman–Crippen LogP) is 6.33. The molecule has 0 saturated heterocycles. The van der Waals surface area contributed by atoms with Gasteiger partial charge in [0.25, 0.3) is 0 Å². The van der Waals surface area contributed by atoms with Gasteiger partial charge in [0.2, 0.25) is 5.78 Å². The van der Waals surface area contributed by atoms with Crippen LogP contribution in [0.25, 0.3) is 0 Å². The molecule has 2 unspecified atom stereocenters. The number of carbonyl (C=O) groups excluding carboxylic acids is 2. The summed E-state index contributed by atoms with van der Waals surface area (Å²) in [6, 6.07) is 27.4. The molecule has 0 fully saturated rings. The Morgan fingerprint density at radius 2 is 1.15 bits per heavy atom. The van der Waals surface area contributed by atoms with Crippen molar-refractivity contribution in [2.24, 2.45) is 0 Å². The van der Waals surface area contributed by atoms with Crippen molar-refractivity contribution >= 4 is 11.6 Å². The third-order valence-corrected chi connectivity index (χ3v) is 5.72. The fourth-order valence-corrected chi connectivity index (χ4v) is 3.72. The van der Waals surface area contributed by atoms with Crippen molar-refractivity contribution in [2.45, 2.75) is 37.9 Å². The van der Waals surface area contributed by atoms with E-state index in [4.69, 9.17) is 9.47 Å². The standard InChI is InChI=1S/C29H30O4/c1-4-22-32-28(2,26(30)23-14-8-5-9-15-23)20-21-29(3,33-25-18-12-7-13-19-25)27(31)24-16-10-6-11-17-24/h4-19H,1,20-22H2,2-3H3. The second-order valence-electron chi connectivity index (χ2n) is 8.37. The number of Topliss-reactive ketones (excluding diaryl/α,β-unsaturated/α-hetero) is 2. The smallest absolute Gasteiger partial charge is 0.206 e. The van der Waals surface area contributed by atoms with Gasteiger partial charge in [-0.1, -0.05) is 84.9 Å². The van der Waals surface area contributed by atoms with E-state index in [0.717, 1.165) is 0 Å². The highest BCUT2D eigenvalue weighted by molar-refractivity contribution is 6.03. The number of ketones is 2. The first-order chi connectivity index (χ1) is 15.9. The van der Waals surface area contributed by atoms with Crippen LogP contribution in [-0.2, 0) is 4.74 Å². The van der Waals surface area contributed by atoms with E-state index in [0.29, 0.717) is 16.9 Å². The molecular weight excluding hydrogens is 412 g/mol. The van der Waals surface area contributed by atoms with Crippen molar-refractivity contribution in [2.75, 3.05) is 6.61 Å². The Labute approximate surface area is 195 Å². The van der Waals surface area contributed by atoms with Gasteiger partial charge < -0.3 is 9.47 Å². The third kappa shape index (κ3) is 6.05. The summed E-state index contributed by atoms with van der Waals surface area (Å²) in [5, 5.41) is 0. The summed E-state index contributed by atoms with van der Waals surface area (Å²) in [4.78, 5) is 27.0. The van der Waals surface area contributed by atoms with Gasteiger partial charge in [0, 0.05) is 11.1 Å². The van der Waals surface area contributed by atoms with Gasteiger partial charge in [0.05, 0.1) is 6.61 Å². The van der Waals surface area contributed by atoms with E-state index in [1.54, 1.807) is 44.2 Å². The molecule has 0 aliphatic heterocycles. The Kier molecular flexibility index (Phi) is 7.96. The first-order valence-corrected chi connectivity index (χ1v) is 11.1. The minimum atomic E-state index is -1.20. The highest BCUT2D eigenvalue weighted by Gasteiger charge is 2.42. The maximum absolute atomic E-state index is 13.6. The van der Waals surface area contributed by atoms with Crippen LogP contribution in [0.1, 0.15) is 47.4 Å². The summed E-state index contributed by atoms with van der Waals surface area (Å²) in [5.41, 5.74) is -1.23. The minimum absolute atomic E-state index is 0.140. The zero-order valence-corrected chi connectivity index (χ0v) is 19.2. The molecule has 0 spiro atoms. The fraction of sp³-hybridized carbons (Fsp3) is 0.241. The molecule has 0 saturated carbocycles. The Hall–Kier alpha value is -3.50. The summed E-state index contributed by atoms with van der Waals surface area (Å²) in [7, 11) is 0. The SMILES string of the molecule is C=CCOC(C)(CCC(C)(Oc1ccccc1)C(=O)c1ccccc1)C(=O)c1ccccc1. The van der Waals surface area contributed by atoms with E-state index in [2.05, 4.69) is 6.58 Å². The van der Waals surface area contributed by atoms with Crippen molar-refractivity contribution < 1.29 is 19.1 Å². The Bertz CT molecular complexity index is 1060. The molecule has 3 rings (SSSR count). The van der Waals surface area contributed by atoms with Crippen LogP contribution in [0, 0.1) is 0 Å². The molecular formula is C29H30O4. The molecule has 0 aliphatic carbocycles. The van der Waals surface area contributed by atoms with Gasteiger partial charge in [-0.25, -0.2) is 0 Å². The number of benzene rings is 3. The average Bonchev–Trinajstić information content (AvgIpc) is 2.87. The Morgan fingerprint density at radius 1 is 0.727 bits per heavy atom. The number of carbonyl (C=O) groups is 2. The van der Waals surface area contributed by atoms with Gasteiger partial charge in [0.1, 0.15) is 11.4 Å². The number of ether oxygens (including phenoxy) is 2. The Morgan fingerprint density at radius 3 is 1.64 bits per heavy atom. The van der Waals surface area contributed by atoms with Crippen LogP contribution in [0.4, 0.5) is 0 Å². The van der Waals surface area contributed by atoms with Gasteiger partial charge in [-0.3, -0.25) is 9.59 Å². The maximum Gasteiger partial charge on any atom is 0.206 e. The van der Waals surface area contributed by atoms with E-state index in [1.807, 2.05) is 66.7 Å². The lowest BCUT2D eigenvalue weighted by molar-refractivity contribution is -0.0203. The van der Waals surface area contributed by atoms with E-state index in [9.17, 15) is 9.59 Å². The van der Waals surface area contributed by atoms with Gasteiger partial charge in [-0.15, -0.1) is 6.58 Å². The zero-order chi connectivity index (χ0) is 23.7. The largest absolute Gasteiger partial charge is 0.479 e. The molecule has 170 valence electrons. The number of para-hydroxylation sites is 1. The molecule has 0 aliphatic rings. The number of rotatable bonds is 12. The Balaban J connectivity index is 1.91. The van der Waals surface area contributed by atoms with Crippen LogP contribution in [0.15, 0.2) is 104 Å². The van der Waals surface area contributed by atoms with Crippen LogP contribution in [0.3, 0.4) is 0 Å². The zero-order valence-electron chi connectivity index (χ0n) is 19.2. The quantitative estimate of drug-likeness (QED) is 0.243. The molecule has 2 atom stereocenters. The van der Waals surface area contributed by atoms with Gasteiger partial charge in [-0.2, -0.15) is 0 Å². The molecule has 0 radical (unpaired) electrons. The molecule has 3 aromatic carbocycles. The first-order valence-electron chi connectivity index (χ1n) is 11.1. The summed E-state index contributed by atoms with van der Waals surface area (Å²) >= 11 is 0. The van der Waals surface area contributed by atoms with Crippen LogP contribution in [0.2, 0.25) is 0 Å². The lowest BCUT2D eigenvalue weighted by Gasteiger charge is -2.34. The fourth-order valence-electron chi connectivity index (χ4n) is 3.72. The molecule has 4 heteroatoms. The highest BCUT2D eigenvalue weighted by atomic mass is 16.5. The monoisotopic (exact) mass is 442 g/mol. The summed E-state index contributed by atoms with van der Waals surface area (Å²) in [6.45, 7) is 7.47. The highest BCUT2D eigenvalue weighted by Crippen LogP contribution is 2.32. The van der Waals surface area contributed by atoms with E-state index >= 15 is 0 Å². The van der Waals surface area contributed by atoms with E-state index < -0.39 is 11.2 Å². The van der Waals surface area contributed by atoms with Crippen molar-refractivity contribution in [3.8, 4) is 5.75 Å². The van der Waals surface area contributed by atoms with Crippen molar-refractivity contribution in [1.82, 2.24) is 0 Å². The minimum Gasteiger partial charge on any atom is -0.479 e. The number of hydrogen-bond donors (Lipinski definition) is 0. The molecule has 4 nitrogen and oxygen atoms in total. The molecule has 3 aromatic rings. The molecule has 0 bridgehead atoms. The lowest BCUT2D eigenvalue weighted by Crippen LogP contribution is -2.46. The second kappa shape index (κ2) is 10.9. The van der Waals surface area contributed by atoms with Crippen molar-refractivity contribution in [3.05, 3.63) is 115 Å². The molecule has 0 N–H and O–H groups in total. The molecule has 33 heavy (non-hydrogen) atoms. The topological polar surface area (TPSA) is 52.6 Å². The normalized spacial score (nSPS) is 14.5. The maximum atomic E-state index is 13.6. The predicted molar refractivity (Wildman–Crippen MR) is 131 cm³/mol. The summed E-state index contributed by atoms with van der Waals surface area (Å²) in [6.07, 6.45) is 2.18. The van der Waals surface area contributed by atoms with Crippen molar-refractivity contribution in [3.63, 3.8) is 0 Å². The van der Waals surface area contributed by atoms with E-state index in [-0.39, 0.29) is 31.0 Å². The van der Waals surface area contributed by atoms with Crippen molar-refractivity contribution in [1.29, 1.82) is 0 Å². The van der Waals surface area contributed by atoms with Gasteiger partial charge in [0.15, 0.2) is 11.4 Å². The number of hydrogen-bond acceptors (Lipinski definition) is 4. The van der Waals surface area contributed by atoms with E-state index in [1.165, 1.54) is 0 Å². The molecule has 0 heterocycles. The third-order valence-electron chi connectivity index (χ3n) is 5.72. The lowest BCUT2D eigenvalue weighted by atomic mass is 9.82. The summed E-state index contributed by atoms with van der Waals surface area (Å²) < 4.78 is 12.3. The first kappa shape index (κ1) is 24.1. The van der Waals surface area contributed by atoms with Crippen LogP contribution >= 0.6 is 0 Å². The molecule has 0 amide bonds. The summed E-state index contributed by atoms with van der Waals surface area (Å²) in [5.74, 6) is 0.303. The molecule has 0 aromatic heterocycles. The average molecular weight is 443 g/mol. The van der Waals surface area contributed by atoms with Crippen LogP contribution < -0.4 is 4.74 Å². The van der Waals surface area contributed by atoms with Crippen LogP contribution in [-0.4, -0.2) is 29.4 Å². The van der Waals surface area contributed by atoms with Gasteiger partial charge in [-0.05, 0) is 38.8 Å². The second-order valence-corrected chi connectivity index (χ2v) is 8.37. The van der Waals surface area contributed by atoms with Crippen LogP contribution in [0.5, 0.6) is 5.75 Å².